The molecule has 0 radical (unpaired) electrons. The Balaban J connectivity index is 1.73. The molecule has 0 bridgehead atoms. The highest BCUT2D eigenvalue weighted by Gasteiger charge is 2.24. The molecule has 1 aliphatic rings. The van der Waals surface area contributed by atoms with Gasteiger partial charge in [0.1, 0.15) is 0 Å². The summed E-state index contributed by atoms with van der Waals surface area (Å²) in [5.41, 5.74) is 9.32. The average Bonchev–Trinajstić information content (AvgIpc) is 2.97. The lowest BCUT2D eigenvalue weighted by atomic mass is 9.91. The molecule has 0 aliphatic heterocycles. The second-order valence-electron chi connectivity index (χ2n) is 6.95. The normalized spacial score (nSPS) is 20.4. The number of imidazole rings is 1. The van der Waals surface area contributed by atoms with Gasteiger partial charge >= 0.3 is 0 Å². The molecule has 1 saturated carbocycles. The van der Waals surface area contributed by atoms with Crippen LogP contribution in [-0.2, 0) is 6.54 Å². The fraction of sp³-hybridized carbons (Fsp3) is 0.350. The maximum absolute atomic E-state index is 6.40. The Labute approximate surface area is 163 Å². The first-order valence-electron chi connectivity index (χ1n) is 9.03. The summed E-state index contributed by atoms with van der Waals surface area (Å²) < 4.78 is 2.16. The van der Waals surface area contributed by atoms with Crippen molar-refractivity contribution in [1.82, 2.24) is 9.55 Å². The SMILES string of the molecule is NC1CCCCC1Nc1nc2ccccc2n1Cc1cc(Cl)ccc1Cl. The summed E-state index contributed by atoms with van der Waals surface area (Å²) in [6, 6.07) is 14.1. The number of para-hydroxylation sites is 2. The summed E-state index contributed by atoms with van der Waals surface area (Å²) in [5, 5.41) is 4.97. The first kappa shape index (κ1) is 17.7. The first-order valence-corrected chi connectivity index (χ1v) is 9.79. The van der Waals surface area contributed by atoms with Gasteiger partial charge < -0.3 is 15.6 Å². The number of anilines is 1. The Morgan fingerprint density at radius 3 is 2.77 bits per heavy atom. The van der Waals surface area contributed by atoms with E-state index >= 15 is 0 Å². The summed E-state index contributed by atoms with van der Waals surface area (Å²) in [7, 11) is 0. The molecule has 4 rings (SSSR count). The van der Waals surface area contributed by atoms with Gasteiger partial charge in [0.05, 0.1) is 17.6 Å². The number of hydrogen-bond acceptors (Lipinski definition) is 3. The zero-order valence-corrected chi connectivity index (χ0v) is 16.0. The molecule has 6 heteroatoms. The Kier molecular flexibility index (Phi) is 5.07. The standard InChI is InChI=1S/C20H22Cl2N4/c21-14-9-10-15(22)13(11-14)12-26-19-8-4-3-7-18(19)25-20(26)24-17-6-2-1-5-16(17)23/h3-4,7-11,16-17H,1-2,5-6,12,23H2,(H,24,25). The van der Waals surface area contributed by atoms with Gasteiger partial charge in [-0.25, -0.2) is 4.98 Å². The van der Waals surface area contributed by atoms with E-state index in [1.165, 1.54) is 12.8 Å². The highest BCUT2D eigenvalue weighted by molar-refractivity contribution is 6.33. The molecular weight excluding hydrogens is 367 g/mol. The number of nitrogens with zero attached hydrogens (tertiary/aromatic N) is 2. The molecule has 3 N–H and O–H groups in total. The van der Waals surface area contributed by atoms with E-state index in [2.05, 4.69) is 16.0 Å². The average molecular weight is 389 g/mol. The summed E-state index contributed by atoms with van der Waals surface area (Å²) in [4.78, 5) is 4.81. The lowest BCUT2D eigenvalue weighted by Gasteiger charge is -2.30. The monoisotopic (exact) mass is 388 g/mol. The summed E-state index contributed by atoms with van der Waals surface area (Å²) >= 11 is 12.6. The van der Waals surface area contributed by atoms with Crippen molar-refractivity contribution in [2.75, 3.05) is 5.32 Å². The van der Waals surface area contributed by atoms with E-state index in [4.69, 9.17) is 33.9 Å². The van der Waals surface area contributed by atoms with E-state index < -0.39 is 0 Å². The lowest BCUT2D eigenvalue weighted by molar-refractivity contribution is 0.401. The van der Waals surface area contributed by atoms with Crippen molar-refractivity contribution >= 4 is 40.2 Å². The van der Waals surface area contributed by atoms with E-state index in [1.807, 2.05) is 30.3 Å². The molecule has 4 nitrogen and oxygen atoms in total. The Bertz CT molecular complexity index is 921. The largest absolute Gasteiger partial charge is 0.351 e. The van der Waals surface area contributed by atoms with Crippen molar-refractivity contribution in [2.45, 2.75) is 44.3 Å². The van der Waals surface area contributed by atoms with E-state index in [9.17, 15) is 0 Å². The number of nitrogens with one attached hydrogen (secondary N) is 1. The number of aromatic nitrogens is 2. The van der Waals surface area contributed by atoms with Gasteiger partial charge in [0, 0.05) is 22.1 Å². The maximum atomic E-state index is 6.40. The molecule has 0 amide bonds. The lowest BCUT2D eigenvalue weighted by Crippen LogP contribution is -2.43. The van der Waals surface area contributed by atoms with Crippen LogP contribution in [0, 0.1) is 0 Å². The van der Waals surface area contributed by atoms with Crippen molar-refractivity contribution in [3.63, 3.8) is 0 Å². The predicted molar refractivity (Wildman–Crippen MR) is 109 cm³/mol. The fourth-order valence-electron chi connectivity index (χ4n) is 3.69. The van der Waals surface area contributed by atoms with Gasteiger partial charge in [0.25, 0.3) is 0 Å². The molecule has 1 fully saturated rings. The number of fused-ring (bicyclic) bond motifs is 1. The third kappa shape index (κ3) is 3.54. The van der Waals surface area contributed by atoms with Gasteiger partial charge in [-0.2, -0.15) is 0 Å². The van der Waals surface area contributed by atoms with Gasteiger partial charge in [-0.3, -0.25) is 0 Å². The smallest absolute Gasteiger partial charge is 0.204 e. The van der Waals surface area contributed by atoms with E-state index in [1.54, 1.807) is 6.07 Å². The zero-order valence-electron chi connectivity index (χ0n) is 14.5. The van der Waals surface area contributed by atoms with Gasteiger partial charge in [-0.1, -0.05) is 48.2 Å². The number of benzene rings is 2. The van der Waals surface area contributed by atoms with Crippen molar-refractivity contribution in [3.8, 4) is 0 Å². The van der Waals surface area contributed by atoms with Gasteiger partial charge in [0.15, 0.2) is 0 Å². The van der Waals surface area contributed by atoms with Crippen molar-refractivity contribution in [1.29, 1.82) is 0 Å². The number of hydrogen-bond donors (Lipinski definition) is 2. The Morgan fingerprint density at radius 1 is 1.12 bits per heavy atom. The molecular formula is C20H22Cl2N4. The molecule has 0 saturated heterocycles. The quantitative estimate of drug-likeness (QED) is 0.655. The molecule has 0 spiro atoms. The van der Waals surface area contributed by atoms with Crippen LogP contribution in [0.15, 0.2) is 42.5 Å². The summed E-state index contributed by atoms with van der Waals surface area (Å²) in [6.45, 7) is 0.601. The molecule has 2 aromatic carbocycles. The second kappa shape index (κ2) is 7.47. The molecule has 2 unspecified atom stereocenters. The molecule has 1 aromatic heterocycles. The van der Waals surface area contributed by atoms with Crippen LogP contribution in [0.5, 0.6) is 0 Å². The Morgan fingerprint density at radius 2 is 1.92 bits per heavy atom. The first-order chi connectivity index (χ1) is 12.6. The zero-order chi connectivity index (χ0) is 18.1. The molecule has 136 valence electrons. The van der Waals surface area contributed by atoms with E-state index in [0.29, 0.717) is 16.6 Å². The number of halogens is 2. The van der Waals surface area contributed by atoms with Crippen LogP contribution in [0.2, 0.25) is 10.0 Å². The number of rotatable bonds is 4. The van der Waals surface area contributed by atoms with Crippen LogP contribution < -0.4 is 11.1 Å². The highest BCUT2D eigenvalue weighted by Crippen LogP contribution is 2.28. The van der Waals surface area contributed by atoms with Crippen molar-refractivity contribution in [2.24, 2.45) is 5.73 Å². The van der Waals surface area contributed by atoms with Crippen LogP contribution in [0.25, 0.3) is 11.0 Å². The minimum atomic E-state index is 0.159. The van der Waals surface area contributed by atoms with Crippen LogP contribution in [-0.4, -0.2) is 21.6 Å². The summed E-state index contributed by atoms with van der Waals surface area (Å²) in [5.74, 6) is 0.838. The maximum Gasteiger partial charge on any atom is 0.204 e. The molecule has 1 aliphatic carbocycles. The molecule has 3 aromatic rings. The molecule has 26 heavy (non-hydrogen) atoms. The van der Waals surface area contributed by atoms with Crippen molar-refractivity contribution in [3.05, 3.63) is 58.1 Å². The van der Waals surface area contributed by atoms with E-state index in [0.717, 1.165) is 35.4 Å². The van der Waals surface area contributed by atoms with Crippen LogP contribution in [0.4, 0.5) is 5.95 Å². The topological polar surface area (TPSA) is 55.9 Å². The molecule has 1 heterocycles. The van der Waals surface area contributed by atoms with Crippen LogP contribution in [0.3, 0.4) is 0 Å². The van der Waals surface area contributed by atoms with Gasteiger partial charge in [-0.05, 0) is 48.7 Å². The van der Waals surface area contributed by atoms with Crippen LogP contribution >= 0.6 is 23.2 Å². The van der Waals surface area contributed by atoms with Gasteiger partial charge in [0.2, 0.25) is 5.95 Å². The minimum Gasteiger partial charge on any atom is -0.351 e. The third-order valence-electron chi connectivity index (χ3n) is 5.12. The minimum absolute atomic E-state index is 0.159. The van der Waals surface area contributed by atoms with Crippen LogP contribution in [0.1, 0.15) is 31.2 Å². The third-order valence-corrected chi connectivity index (χ3v) is 5.73. The number of nitrogens with two attached hydrogens (primary N) is 1. The van der Waals surface area contributed by atoms with Gasteiger partial charge in [-0.15, -0.1) is 0 Å². The van der Waals surface area contributed by atoms with Crippen molar-refractivity contribution < 1.29 is 0 Å². The highest BCUT2D eigenvalue weighted by atomic mass is 35.5. The second-order valence-corrected chi connectivity index (χ2v) is 7.79. The summed E-state index contributed by atoms with van der Waals surface area (Å²) in [6.07, 6.45) is 4.53. The fourth-order valence-corrected chi connectivity index (χ4v) is 4.06. The molecule has 2 atom stereocenters. The Hall–Kier alpha value is -1.75. The van der Waals surface area contributed by atoms with E-state index in [-0.39, 0.29) is 12.1 Å². The predicted octanol–water partition coefficient (Wildman–Crippen LogP) is 5.07.